The molecule has 0 atom stereocenters. The van der Waals surface area contributed by atoms with Gasteiger partial charge in [-0.15, -0.1) is 0 Å². The van der Waals surface area contributed by atoms with Crippen molar-refractivity contribution in [3.05, 3.63) is 80.2 Å². The Morgan fingerprint density at radius 3 is 2.57 bits per heavy atom. The standard InChI is InChI=1S/C18H16BrN3O/c1-12-4-3-5-15(10-12)20-11-17-13(2)21-22(18(17)23)16-8-6-14(19)7-9-16/h3-11,21H,1-2H3. The average Bonchev–Trinajstić information content (AvgIpc) is 2.81. The molecule has 0 saturated heterocycles. The zero-order valence-electron chi connectivity index (χ0n) is 12.9. The van der Waals surface area contributed by atoms with Crippen LogP contribution >= 0.6 is 15.9 Å². The molecule has 3 rings (SSSR count). The molecule has 0 spiro atoms. The topological polar surface area (TPSA) is 50.1 Å². The Balaban J connectivity index is 1.98. The molecule has 0 unspecified atom stereocenters. The molecule has 0 radical (unpaired) electrons. The highest BCUT2D eigenvalue weighted by molar-refractivity contribution is 9.10. The molecule has 0 bridgehead atoms. The molecule has 4 nitrogen and oxygen atoms in total. The summed E-state index contributed by atoms with van der Waals surface area (Å²) in [6.07, 6.45) is 1.62. The smallest absolute Gasteiger partial charge is 0.280 e. The summed E-state index contributed by atoms with van der Waals surface area (Å²) in [5.74, 6) is 0. The van der Waals surface area contributed by atoms with Crippen LogP contribution in [0, 0.1) is 13.8 Å². The maximum atomic E-state index is 12.6. The molecular weight excluding hydrogens is 354 g/mol. The van der Waals surface area contributed by atoms with E-state index in [9.17, 15) is 4.79 Å². The van der Waals surface area contributed by atoms with E-state index in [2.05, 4.69) is 26.0 Å². The third kappa shape index (κ3) is 3.35. The van der Waals surface area contributed by atoms with Crippen LogP contribution in [-0.4, -0.2) is 16.0 Å². The zero-order chi connectivity index (χ0) is 16.4. The Bertz CT molecular complexity index is 920. The lowest BCUT2D eigenvalue weighted by Gasteiger charge is -2.00. The summed E-state index contributed by atoms with van der Waals surface area (Å²) in [5, 5.41) is 3.09. The van der Waals surface area contributed by atoms with Gasteiger partial charge in [-0.05, 0) is 55.8 Å². The van der Waals surface area contributed by atoms with Crippen molar-refractivity contribution in [2.45, 2.75) is 13.8 Å². The summed E-state index contributed by atoms with van der Waals surface area (Å²) < 4.78 is 2.50. The maximum absolute atomic E-state index is 12.6. The molecule has 0 fully saturated rings. The fourth-order valence-corrected chi connectivity index (χ4v) is 2.60. The molecule has 23 heavy (non-hydrogen) atoms. The van der Waals surface area contributed by atoms with Gasteiger partial charge in [0.2, 0.25) is 0 Å². The average molecular weight is 370 g/mol. The van der Waals surface area contributed by atoms with Crippen molar-refractivity contribution in [1.82, 2.24) is 9.78 Å². The minimum Gasteiger partial charge on any atom is -0.295 e. The van der Waals surface area contributed by atoms with E-state index >= 15 is 0 Å². The first-order valence-corrected chi connectivity index (χ1v) is 8.02. The van der Waals surface area contributed by atoms with Crippen LogP contribution in [0.2, 0.25) is 0 Å². The number of nitrogens with one attached hydrogen (secondary N) is 1. The Labute approximate surface area is 142 Å². The molecular formula is C18H16BrN3O. The third-order valence-electron chi connectivity index (χ3n) is 3.55. The third-order valence-corrected chi connectivity index (χ3v) is 4.07. The van der Waals surface area contributed by atoms with Crippen molar-refractivity contribution in [1.29, 1.82) is 0 Å². The Morgan fingerprint density at radius 1 is 1.13 bits per heavy atom. The first-order chi connectivity index (χ1) is 11.0. The number of H-pyrrole nitrogens is 1. The van der Waals surface area contributed by atoms with Crippen LogP contribution in [0.3, 0.4) is 0 Å². The van der Waals surface area contributed by atoms with Gasteiger partial charge in [0.1, 0.15) is 0 Å². The van der Waals surface area contributed by atoms with Crippen molar-refractivity contribution < 1.29 is 0 Å². The molecule has 0 saturated carbocycles. The van der Waals surface area contributed by atoms with Gasteiger partial charge in [0.05, 0.1) is 16.9 Å². The molecule has 0 amide bonds. The van der Waals surface area contributed by atoms with Crippen molar-refractivity contribution in [3.8, 4) is 5.69 Å². The number of benzene rings is 2. The molecule has 5 heteroatoms. The van der Waals surface area contributed by atoms with Crippen molar-refractivity contribution in [2.24, 2.45) is 4.99 Å². The Morgan fingerprint density at radius 2 is 1.87 bits per heavy atom. The number of halogens is 1. The number of aromatic nitrogens is 2. The molecule has 1 aromatic heterocycles. The highest BCUT2D eigenvalue weighted by atomic mass is 79.9. The molecule has 0 aliphatic rings. The molecule has 3 aromatic rings. The Hall–Kier alpha value is -2.40. The van der Waals surface area contributed by atoms with Crippen LogP contribution in [0.25, 0.3) is 5.69 Å². The highest BCUT2D eigenvalue weighted by Crippen LogP contribution is 2.15. The van der Waals surface area contributed by atoms with Crippen LogP contribution in [-0.2, 0) is 0 Å². The summed E-state index contributed by atoms with van der Waals surface area (Å²) in [5.41, 5.74) is 4.00. The second-order valence-corrected chi connectivity index (χ2v) is 6.28. The van der Waals surface area contributed by atoms with Gasteiger partial charge in [0, 0.05) is 16.4 Å². The molecule has 116 valence electrons. The number of hydrogen-bond donors (Lipinski definition) is 1. The summed E-state index contributed by atoms with van der Waals surface area (Å²) in [7, 11) is 0. The van der Waals surface area contributed by atoms with E-state index < -0.39 is 0 Å². The molecule has 1 heterocycles. The quantitative estimate of drug-likeness (QED) is 0.687. The summed E-state index contributed by atoms with van der Waals surface area (Å²) in [4.78, 5) is 17.0. The lowest BCUT2D eigenvalue weighted by molar-refractivity contribution is 0.835. The fraction of sp³-hybridized carbons (Fsp3) is 0.111. The lowest BCUT2D eigenvalue weighted by atomic mass is 10.2. The molecule has 0 aliphatic carbocycles. The number of rotatable bonds is 3. The van der Waals surface area contributed by atoms with Crippen molar-refractivity contribution in [3.63, 3.8) is 0 Å². The van der Waals surface area contributed by atoms with Crippen LogP contribution in [0.1, 0.15) is 16.8 Å². The van der Waals surface area contributed by atoms with Crippen LogP contribution in [0.15, 0.2) is 62.8 Å². The maximum Gasteiger partial charge on any atom is 0.280 e. The van der Waals surface area contributed by atoms with Gasteiger partial charge in [-0.3, -0.25) is 14.9 Å². The van der Waals surface area contributed by atoms with Gasteiger partial charge in [-0.2, -0.15) is 0 Å². The monoisotopic (exact) mass is 369 g/mol. The highest BCUT2D eigenvalue weighted by Gasteiger charge is 2.10. The van der Waals surface area contributed by atoms with Crippen LogP contribution < -0.4 is 5.56 Å². The van der Waals surface area contributed by atoms with Crippen molar-refractivity contribution in [2.75, 3.05) is 0 Å². The normalized spacial score (nSPS) is 11.3. The van der Waals surface area contributed by atoms with Gasteiger partial charge in [-0.1, -0.05) is 28.1 Å². The zero-order valence-corrected chi connectivity index (χ0v) is 14.5. The van der Waals surface area contributed by atoms with Crippen molar-refractivity contribution >= 4 is 27.8 Å². The first kappa shape index (κ1) is 15.5. The lowest BCUT2D eigenvalue weighted by Crippen LogP contribution is -2.17. The second kappa shape index (κ2) is 6.38. The van der Waals surface area contributed by atoms with E-state index in [1.54, 1.807) is 6.21 Å². The first-order valence-electron chi connectivity index (χ1n) is 7.23. The van der Waals surface area contributed by atoms with Gasteiger partial charge in [0.25, 0.3) is 5.56 Å². The number of aliphatic imine (C=N–C) groups is 1. The predicted octanol–water partition coefficient (Wildman–Crippen LogP) is 4.30. The van der Waals surface area contributed by atoms with Gasteiger partial charge in [0.15, 0.2) is 0 Å². The SMILES string of the molecule is Cc1cccc(N=Cc2c(C)[nH]n(-c3ccc(Br)cc3)c2=O)c1. The Kier molecular flexibility index (Phi) is 4.30. The van der Waals surface area contributed by atoms with E-state index in [1.165, 1.54) is 4.68 Å². The number of aryl methyl sites for hydroxylation is 2. The van der Waals surface area contributed by atoms with E-state index in [4.69, 9.17) is 0 Å². The van der Waals surface area contributed by atoms with Crippen LogP contribution in [0.5, 0.6) is 0 Å². The minimum atomic E-state index is -0.110. The molecule has 2 aromatic carbocycles. The van der Waals surface area contributed by atoms with E-state index in [0.717, 1.165) is 27.1 Å². The van der Waals surface area contributed by atoms with E-state index in [0.29, 0.717) is 5.56 Å². The molecule has 1 N–H and O–H groups in total. The van der Waals surface area contributed by atoms with Gasteiger partial charge >= 0.3 is 0 Å². The summed E-state index contributed by atoms with van der Waals surface area (Å²) in [6.45, 7) is 3.88. The number of aromatic amines is 1. The number of nitrogens with zero attached hydrogens (tertiary/aromatic N) is 2. The summed E-state index contributed by atoms with van der Waals surface area (Å²) >= 11 is 3.39. The fourth-order valence-electron chi connectivity index (χ4n) is 2.33. The number of hydrogen-bond acceptors (Lipinski definition) is 2. The minimum absolute atomic E-state index is 0.110. The van der Waals surface area contributed by atoms with Crippen LogP contribution in [0.4, 0.5) is 5.69 Å². The predicted molar refractivity (Wildman–Crippen MR) is 97.3 cm³/mol. The van der Waals surface area contributed by atoms with E-state index in [1.807, 2.05) is 62.4 Å². The second-order valence-electron chi connectivity index (χ2n) is 5.36. The summed E-state index contributed by atoms with van der Waals surface area (Å²) in [6, 6.07) is 15.4. The molecule has 0 aliphatic heterocycles. The van der Waals surface area contributed by atoms with Gasteiger partial charge in [-0.25, -0.2) is 4.68 Å². The van der Waals surface area contributed by atoms with E-state index in [-0.39, 0.29) is 5.56 Å². The van der Waals surface area contributed by atoms with Gasteiger partial charge < -0.3 is 0 Å². The largest absolute Gasteiger partial charge is 0.295 e.